The smallest absolute Gasteiger partial charge is 0.411 e. The number of nitrogens with one attached hydrogen (secondary N) is 2. The summed E-state index contributed by atoms with van der Waals surface area (Å²) in [5.41, 5.74) is 5.89. The molecule has 9 heteroatoms. The van der Waals surface area contributed by atoms with Gasteiger partial charge in [-0.05, 0) is 72.4 Å². The second-order valence-corrected chi connectivity index (χ2v) is 12.2. The van der Waals surface area contributed by atoms with Crippen molar-refractivity contribution < 1.29 is 33.7 Å². The molecule has 0 aromatic heterocycles. The maximum atomic E-state index is 13.3. The SMILES string of the molecule is COC(=O)c1ccc(CN[C@@H](Cc2ccc(O)cc2NC(=O)OCC2c3ccccc3-c3ccccc32)C(=O)OC(C)(C)C)cc1. The van der Waals surface area contributed by atoms with E-state index in [2.05, 4.69) is 22.8 Å². The average molecular weight is 623 g/mol. The third-order valence-corrected chi connectivity index (χ3v) is 7.72. The second kappa shape index (κ2) is 13.9. The molecule has 0 heterocycles. The number of amides is 1. The molecule has 238 valence electrons. The number of fused-ring (bicyclic) bond motifs is 3. The van der Waals surface area contributed by atoms with Gasteiger partial charge < -0.3 is 24.6 Å². The van der Waals surface area contributed by atoms with Crippen molar-refractivity contribution in [2.75, 3.05) is 19.0 Å². The Morgan fingerprint density at radius 1 is 0.870 bits per heavy atom. The molecule has 0 aliphatic heterocycles. The fraction of sp³-hybridized carbons (Fsp3) is 0.270. The molecule has 1 aliphatic carbocycles. The summed E-state index contributed by atoms with van der Waals surface area (Å²) >= 11 is 0. The molecule has 0 unspecified atom stereocenters. The summed E-state index contributed by atoms with van der Waals surface area (Å²) in [6.07, 6.45) is -0.532. The molecule has 0 bridgehead atoms. The number of rotatable bonds is 10. The topological polar surface area (TPSA) is 123 Å². The van der Waals surface area contributed by atoms with E-state index in [0.29, 0.717) is 23.4 Å². The normalized spacial score (nSPS) is 12.9. The number of esters is 2. The Labute approximate surface area is 268 Å². The van der Waals surface area contributed by atoms with E-state index in [0.717, 1.165) is 27.8 Å². The molecular formula is C37H38N2O7. The van der Waals surface area contributed by atoms with Gasteiger partial charge in [-0.3, -0.25) is 10.1 Å². The van der Waals surface area contributed by atoms with Crippen molar-refractivity contribution in [1.82, 2.24) is 5.32 Å². The monoisotopic (exact) mass is 622 g/mol. The van der Waals surface area contributed by atoms with Gasteiger partial charge in [0.1, 0.15) is 24.0 Å². The molecule has 4 aromatic carbocycles. The van der Waals surface area contributed by atoms with Gasteiger partial charge in [-0.1, -0.05) is 66.7 Å². The molecule has 0 saturated heterocycles. The number of hydrogen-bond acceptors (Lipinski definition) is 8. The van der Waals surface area contributed by atoms with Crippen LogP contribution in [-0.2, 0) is 32.0 Å². The van der Waals surface area contributed by atoms with Crippen LogP contribution in [0, 0.1) is 0 Å². The van der Waals surface area contributed by atoms with Crippen LogP contribution < -0.4 is 10.6 Å². The first kappa shape index (κ1) is 32.2. The zero-order chi connectivity index (χ0) is 32.8. The Kier molecular flexibility index (Phi) is 9.72. The van der Waals surface area contributed by atoms with Crippen LogP contribution in [0.25, 0.3) is 11.1 Å². The molecule has 4 aromatic rings. The number of aromatic hydroxyl groups is 1. The summed E-state index contributed by atoms with van der Waals surface area (Å²) < 4.78 is 16.2. The minimum atomic E-state index is -0.799. The van der Waals surface area contributed by atoms with Crippen LogP contribution in [0.15, 0.2) is 91.0 Å². The molecular weight excluding hydrogens is 584 g/mol. The number of phenols is 1. The van der Waals surface area contributed by atoms with E-state index in [1.54, 1.807) is 51.1 Å². The second-order valence-electron chi connectivity index (χ2n) is 12.2. The molecule has 1 aliphatic rings. The third-order valence-electron chi connectivity index (χ3n) is 7.72. The maximum Gasteiger partial charge on any atom is 0.411 e. The Morgan fingerprint density at radius 3 is 2.11 bits per heavy atom. The Hall–Kier alpha value is -5.15. The number of benzene rings is 4. The summed E-state index contributed by atoms with van der Waals surface area (Å²) in [7, 11) is 1.32. The van der Waals surface area contributed by atoms with E-state index < -0.39 is 29.7 Å². The molecule has 5 rings (SSSR count). The number of ether oxygens (including phenoxy) is 3. The fourth-order valence-corrected chi connectivity index (χ4v) is 5.55. The van der Waals surface area contributed by atoms with Crippen LogP contribution in [0.4, 0.5) is 10.5 Å². The minimum absolute atomic E-state index is 0.0508. The lowest BCUT2D eigenvalue weighted by molar-refractivity contribution is -0.157. The van der Waals surface area contributed by atoms with Gasteiger partial charge in [0.2, 0.25) is 0 Å². The first-order chi connectivity index (χ1) is 22.0. The van der Waals surface area contributed by atoms with E-state index in [1.165, 1.54) is 19.2 Å². The molecule has 3 N–H and O–H groups in total. The van der Waals surface area contributed by atoms with Gasteiger partial charge in [-0.15, -0.1) is 0 Å². The average Bonchev–Trinajstić information content (AvgIpc) is 3.35. The van der Waals surface area contributed by atoms with Crippen molar-refractivity contribution in [2.45, 2.75) is 51.3 Å². The summed E-state index contributed by atoms with van der Waals surface area (Å²) in [6.45, 7) is 5.80. The first-order valence-electron chi connectivity index (χ1n) is 15.1. The number of methoxy groups -OCH3 is 1. The molecule has 0 radical (unpaired) electrons. The molecule has 46 heavy (non-hydrogen) atoms. The molecule has 0 spiro atoms. The molecule has 0 saturated carbocycles. The number of anilines is 1. The molecule has 1 atom stereocenters. The lowest BCUT2D eigenvalue weighted by Gasteiger charge is -2.25. The van der Waals surface area contributed by atoms with Gasteiger partial charge in [0, 0.05) is 24.9 Å². The van der Waals surface area contributed by atoms with Gasteiger partial charge in [0.15, 0.2) is 0 Å². The number of carbonyl (C=O) groups excluding carboxylic acids is 3. The van der Waals surface area contributed by atoms with E-state index >= 15 is 0 Å². The Morgan fingerprint density at radius 2 is 1.50 bits per heavy atom. The number of hydrogen-bond donors (Lipinski definition) is 3. The van der Waals surface area contributed by atoms with Crippen LogP contribution in [0.2, 0.25) is 0 Å². The van der Waals surface area contributed by atoms with Gasteiger partial charge in [-0.25, -0.2) is 9.59 Å². The van der Waals surface area contributed by atoms with Crippen LogP contribution in [0.5, 0.6) is 5.75 Å². The van der Waals surface area contributed by atoms with Crippen molar-refractivity contribution >= 4 is 23.7 Å². The molecule has 0 fully saturated rings. The van der Waals surface area contributed by atoms with Gasteiger partial charge in [-0.2, -0.15) is 0 Å². The van der Waals surface area contributed by atoms with Crippen LogP contribution in [-0.4, -0.2) is 48.5 Å². The number of carbonyl (C=O) groups is 3. The number of phenolic OH excluding ortho intramolecular Hbond substituents is 1. The van der Waals surface area contributed by atoms with Crippen LogP contribution in [0.1, 0.15) is 59.3 Å². The lowest BCUT2D eigenvalue weighted by atomic mass is 9.98. The van der Waals surface area contributed by atoms with E-state index in [4.69, 9.17) is 14.2 Å². The summed E-state index contributed by atoms with van der Waals surface area (Å²) in [6, 6.07) is 26.8. The Balaban J connectivity index is 1.30. The van der Waals surface area contributed by atoms with Crippen LogP contribution in [0.3, 0.4) is 0 Å². The summed E-state index contributed by atoms with van der Waals surface area (Å²) in [5, 5.41) is 16.3. The predicted molar refractivity (Wildman–Crippen MR) is 175 cm³/mol. The van der Waals surface area contributed by atoms with Crippen molar-refractivity contribution in [3.05, 3.63) is 119 Å². The van der Waals surface area contributed by atoms with Crippen LogP contribution >= 0.6 is 0 Å². The highest BCUT2D eigenvalue weighted by molar-refractivity contribution is 5.89. The summed E-state index contributed by atoms with van der Waals surface area (Å²) in [5.74, 6) is -1.07. The van der Waals surface area contributed by atoms with Gasteiger partial charge >= 0.3 is 18.0 Å². The predicted octanol–water partition coefficient (Wildman–Crippen LogP) is 6.58. The Bertz CT molecular complexity index is 1680. The highest BCUT2D eigenvalue weighted by atomic mass is 16.6. The zero-order valence-electron chi connectivity index (χ0n) is 26.3. The maximum absolute atomic E-state index is 13.3. The largest absolute Gasteiger partial charge is 0.508 e. The van der Waals surface area contributed by atoms with Crippen molar-refractivity contribution in [3.63, 3.8) is 0 Å². The van der Waals surface area contributed by atoms with Gasteiger partial charge in [0.05, 0.1) is 18.4 Å². The van der Waals surface area contributed by atoms with Crippen molar-refractivity contribution in [1.29, 1.82) is 0 Å². The first-order valence-corrected chi connectivity index (χ1v) is 15.1. The minimum Gasteiger partial charge on any atom is -0.508 e. The molecule has 1 amide bonds. The zero-order valence-corrected chi connectivity index (χ0v) is 26.3. The highest BCUT2D eigenvalue weighted by Gasteiger charge is 2.30. The molecule has 9 nitrogen and oxygen atoms in total. The standard InChI is InChI=1S/C37H38N2O7/c1-37(2,3)46-35(42)33(38-21-23-13-15-24(16-14-23)34(41)44-4)19-25-17-18-26(40)20-32(25)39-36(43)45-22-31-29-11-7-5-9-27(29)28-10-6-8-12-30(28)31/h5-18,20,31,33,38,40H,19,21-22H2,1-4H3,(H,39,43)/t33-/m0/s1. The fourth-order valence-electron chi connectivity index (χ4n) is 5.55. The lowest BCUT2D eigenvalue weighted by Crippen LogP contribution is -2.42. The van der Waals surface area contributed by atoms with E-state index in [1.807, 2.05) is 36.4 Å². The third kappa shape index (κ3) is 7.73. The van der Waals surface area contributed by atoms with Gasteiger partial charge in [0.25, 0.3) is 0 Å². The van der Waals surface area contributed by atoms with E-state index in [-0.39, 0.29) is 24.7 Å². The van der Waals surface area contributed by atoms with Crippen molar-refractivity contribution in [3.8, 4) is 16.9 Å². The highest BCUT2D eigenvalue weighted by Crippen LogP contribution is 2.44. The van der Waals surface area contributed by atoms with E-state index in [9.17, 15) is 19.5 Å². The summed E-state index contributed by atoms with van der Waals surface area (Å²) in [4.78, 5) is 38.2. The van der Waals surface area contributed by atoms with Crippen molar-refractivity contribution in [2.24, 2.45) is 0 Å². The quantitative estimate of drug-likeness (QED) is 0.134.